The van der Waals surface area contributed by atoms with Crippen LogP contribution in [0, 0.1) is 55.4 Å². The second kappa shape index (κ2) is 14.0. The van der Waals surface area contributed by atoms with E-state index in [0.29, 0.717) is 0 Å². The zero-order valence-electron chi connectivity index (χ0n) is 39.0. The van der Waals surface area contributed by atoms with Gasteiger partial charge in [0.2, 0.25) is 0 Å². The summed E-state index contributed by atoms with van der Waals surface area (Å²) >= 11 is 0. The van der Waals surface area contributed by atoms with Crippen LogP contribution in [0.3, 0.4) is 0 Å². The highest BCUT2D eigenvalue weighted by molar-refractivity contribution is 6.41. The Bertz CT molecular complexity index is 3880. The van der Waals surface area contributed by atoms with E-state index < -0.39 is 0 Å². The van der Waals surface area contributed by atoms with E-state index in [0.717, 1.165) is 0 Å². The van der Waals surface area contributed by atoms with Gasteiger partial charge in [0, 0.05) is 0 Å². The van der Waals surface area contributed by atoms with Crippen LogP contribution >= 0.6 is 0 Å². The molecule has 0 spiro atoms. The molecule has 0 aliphatic rings. The number of hydrogen-bond donors (Lipinski definition) is 0. The largest absolute Gasteiger partial charge is 0.0587 e. The number of benzene rings is 11. The van der Waals surface area contributed by atoms with Gasteiger partial charge in [0.15, 0.2) is 0 Å². The minimum atomic E-state index is 1.25. The fraction of sp³-hybridized carbons (Fsp3) is 0.121. The molecule has 0 amide bonds. The third-order valence-electron chi connectivity index (χ3n) is 15.2. The van der Waals surface area contributed by atoms with Gasteiger partial charge in [0.05, 0.1) is 0 Å². The molecule has 0 aromatic heterocycles. The van der Waals surface area contributed by atoms with Crippen LogP contribution in [-0.4, -0.2) is 0 Å². The second-order valence-corrected chi connectivity index (χ2v) is 19.8. The molecule has 0 radical (unpaired) electrons. The van der Waals surface area contributed by atoms with Crippen molar-refractivity contribution in [3.63, 3.8) is 0 Å². The lowest BCUT2D eigenvalue weighted by Crippen LogP contribution is -1.92. The van der Waals surface area contributed by atoms with E-state index in [9.17, 15) is 0 Å². The molecule has 13 aromatic rings. The topological polar surface area (TPSA) is 0 Å². The fourth-order valence-electron chi connectivity index (χ4n) is 12.4. The van der Waals surface area contributed by atoms with E-state index in [1.165, 1.54) is 175 Å². The number of fused-ring (bicyclic) bond motifs is 11. The molecule has 0 nitrogen and oxygen atoms in total. The molecule has 0 heterocycles. The van der Waals surface area contributed by atoms with Crippen LogP contribution in [0.15, 0.2) is 158 Å². The molecule has 13 rings (SSSR count). The van der Waals surface area contributed by atoms with Crippen LogP contribution in [0.25, 0.3) is 131 Å². The Morgan fingerprint density at radius 3 is 0.773 bits per heavy atom. The number of rotatable bonds is 4. The molecule has 0 saturated carbocycles. The molecule has 0 aliphatic carbocycles. The molecular weight excluding hydrogens is 793 g/mol. The predicted molar refractivity (Wildman–Crippen MR) is 289 cm³/mol. The standard InChI is InChI=1S/C66H50/c1-35-9-13-43(14-10-35)45-17-19-49-53(27-45)61-33-55-51(59-31-47(29-57(49)65(59)61)63-39(5)23-37(3)24-40(63)6)21-22-52-56(55)34-62-54-28-46(44-15-11-36(2)12-16-44)18-20-50(54)58-30-48(32-60(52)66(58)62)64-41(7)25-38(4)26-42(64)8/h9-34H,1-8H3. The molecule has 0 saturated heterocycles. The van der Waals surface area contributed by atoms with Gasteiger partial charge in [-0.2, -0.15) is 0 Å². The predicted octanol–water partition coefficient (Wildman–Crippen LogP) is 18.9. The summed E-state index contributed by atoms with van der Waals surface area (Å²) in [7, 11) is 0. The van der Waals surface area contributed by atoms with Crippen molar-refractivity contribution in [1.29, 1.82) is 0 Å². The Morgan fingerprint density at radius 1 is 0.182 bits per heavy atom. The number of hydrogen-bond acceptors (Lipinski definition) is 0. The minimum Gasteiger partial charge on any atom is -0.0587 e. The first-order valence-electron chi connectivity index (χ1n) is 23.6. The SMILES string of the molecule is Cc1ccc(-c2ccc3c(c2)c2cc4c5cc6c7cc(-c8ccc(C)cc8)ccc7c7cc(-c8c(C)cc(C)cc8C)cc(c5ccc4c4cc(-c5c(C)cc(C)cc5C)cc3c42)c76)cc1. The third kappa shape index (κ3) is 5.64. The van der Waals surface area contributed by atoms with Gasteiger partial charge in [0.1, 0.15) is 0 Å². The van der Waals surface area contributed by atoms with Crippen molar-refractivity contribution in [2.75, 3.05) is 0 Å². The maximum absolute atomic E-state index is 2.55. The first-order valence-corrected chi connectivity index (χ1v) is 23.6. The van der Waals surface area contributed by atoms with Gasteiger partial charge < -0.3 is 0 Å². The summed E-state index contributed by atoms with van der Waals surface area (Å²) < 4.78 is 0. The van der Waals surface area contributed by atoms with Crippen LogP contribution in [0.2, 0.25) is 0 Å². The van der Waals surface area contributed by atoms with Gasteiger partial charge in [-0.25, -0.2) is 0 Å². The lowest BCUT2D eigenvalue weighted by Gasteiger charge is -2.16. The highest BCUT2D eigenvalue weighted by Crippen LogP contribution is 2.50. The van der Waals surface area contributed by atoms with Gasteiger partial charge in [-0.3, -0.25) is 0 Å². The van der Waals surface area contributed by atoms with Crippen LogP contribution in [0.4, 0.5) is 0 Å². The average molecular weight is 843 g/mol. The van der Waals surface area contributed by atoms with Crippen molar-refractivity contribution < 1.29 is 0 Å². The van der Waals surface area contributed by atoms with Gasteiger partial charge >= 0.3 is 0 Å². The highest BCUT2D eigenvalue weighted by Gasteiger charge is 2.23. The molecule has 0 N–H and O–H groups in total. The fourth-order valence-corrected chi connectivity index (χ4v) is 12.4. The van der Waals surface area contributed by atoms with E-state index in [1.807, 2.05) is 0 Å². The summed E-state index contributed by atoms with van der Waals surface area (Å²) in [5, 5.41) is 21.2. The monoisotopic (exact) mass is 842 g/mol. The van der Waals surface area contributed by atoms with Crippen LogP contribution < -0.4 is 0 Å². The van der Waals surface area contributed by atoms with Crippen LogP contribution in [-0.2, 0) is 0 Å². The summed E-state index contributed by atoms with van der Waals surface area (Å²) in [5.41, 5.74) is 20.7. The van der Waals surface area contributed by atoms with E-state index in [1.54, 1.807) is 0 Å². The molecule has 0 atom stereocenters. The Balaban J connectivity index is 1.20. The van der Waals surface area contributed by atoms with E-state index in [2.05, 4.69) is 213 Å². The van der Waals surface area contributed by atoms with Crippen molar-refractivity contribution in [3.05, 3.63) is 202 Å². The van der Waals surface area contributed by atoms with Crippen LogP contribution in [0.5, 0.6) is 0 Å². The van der Waals surface area contributed by atoms with Crippen molar-refractivity contribution in [1.82, 2.24) is 0 Å². The van der Waals surface area contributed by atoms with Crippen molar-refractivity contribution in [2.24, 2.45) is 0 Å². The molecular formula is C66H50. The highest BCUT2D eigenvalue weighted by atomic mass is 14.3. The van der Waals surface area contributed by atoms with E-state index >= 15 is 0 Å². The third-order valence-corrected chi connectivity index (χ3v) is 15.2. The minimum absolute atomic E-state index is 1.25. The molecule has 66 heavy (non-hydrogen) atoms. The first kappa shape index (κ1) is 38.9. The van der Waals surface area contributed by atoms with Crippen molar-refractivity contribution in [2.45, 2.75) is 55.4 Å². The maximum atomic E-state index is 2.55. The average Bonchev–Trinajstić information content (AvgIpc) is 3.78. The molecule has 314 valence electrons. The van der Waals surface area contributed by atoms with Gasteiger partial charge in [0.25, 0.3) is 0 Å². The summed E-state index contributed by atoms with van der Waals surface area (Å²) in [6.07, 6.45) is 0. The Labute approximate surface area is 386 Å². The smallest absolute Gasteiger partial charge is 0.00195 e. The maximum Gasteiger partial charge on any atom is -0.00195 e. The second-order valence-electron chi connectivity index (χ2n) is 19.8. The van der Waals surface area contributed by atoms with E-state index in [-0.39, 0.29) is 0 Å². The summed E-state index contributed by atoms with van der Waals surface area (Å²) in [6.45, 7) is 17.9. The quantitative estimate of drug-likeness (QED) is 0.155. The Morgan fingerprint density at radius 2 is 0.439 bits per heavy atom. The summed E-state index contributed by atoms with van der Waals surface area (Å²) in [6, 6.07) is 61.6. The number of aryl methyl sites for hydroxylation is 8. The molecule has 0 fully saturated rings. The van der Waals surface area contributed by atoms with Crippen molar-refractivity contribution >= 4 is 86.2 Å². The molecule has 0 heteroatoms. The van der Waals surface area contributed by atoms with Crippen LogP contribution in [0.1, 0.15) is 44.5 Å². The van der Waals surface area contributed by atoms with Crippen molar-refractivity contribution in [3.8, 4) is 44.5 Å². The molecule has 0 unspecified atom stereocenters. The van der Waals surface area contributed by atoms with Gasteiger partial charge in [-0.1, -0.05) is 131 Å². The molecule has 0 bridgehead atoms. The summed E-state index contributed by atoms with van der Waals surface area (Å²) in [5.74, 6) is 0. The molecule has 0 aliphatic heterocycles. The normalized spacial score (nSPS) is 12.2. The van der Waals surface area contributed by atoms with E-state index in [4.69, 9.17) is 0 Å². The lowest BCUT2D eigenvalue weighted by atomic mass is 9.87. The Hall–Kier alpha value is -7.54. The molecule has 13 aromatic carbocycles. The lowest BCUT2D eigenvalue weighted by molar-refractivity contribution is 1.32. The Kier molecular flexibility index (Phi) is 8.24. The summed E-state index contributed by atoms with van der Waals surface area (Å²) in [4.78, 5) is 0. The zero-order valence-corrected chi connectivity index (χ0v) is 39.0. The van der Waals surface area contributed by atoms with Gasteiger partial charge in [-0.15, -0.1) is 0 Å². The van der Waals surface area contributed by atoms with Gasteiger partial charge in [-0.05, 0) is 257 Å². The first-order chi connectivity index (χ1) is 32.0. The zero-order chi connectivity index (χ0) is 44.9.